The maximum Gasteiger partial charge on any atom is 0.272 e. The van der Waals surface area contributed by atoms with Gasteiger partial charge in [-0.25, -0.2) is 13.2 Å². The summed E-state index contributed by atoms with van der Waals surface area (Å²) in [4.78, 5) is 0. The summed E-state index contributed by atoms with van der Waals surface area (Å²) in [5, 5.41) is 0. The third kappa shape index (κ3) is 3.43. The second-order valence-corrected chi connectivity index (χ2v) is 3.17. The standard InChI is InChI=1S/C10H12F3NO/c1-6(14)8-3-2-7(11)4-9(8)15-5-10(12)13/h2-4,6,10H,5,14H2,1H3/t6-/m1/s1. The third-order valence-corrected chi connectivity index (χ3v) is 1.83. The molecule has 0 heterocycles. The molecule has 2 N–H and O–H groups in total. The molecule has 1 aromatic carbocycles. The van der Waals surface area contributed by atoms with E-state index < -0.39 is 24.9 Å². The lowest BCUT2D eigenvalue weighted by atomic mass is 10.1. The van der Waals surface area contributed by atoms with Crippen LogP contribution in [0.3, 0.4) is 0 Å². The van der Waals surface area contributed by atoms with Crippen molar-refractivity contribution in [2.45, 2.75) is 19.4 Å². The van der Waals surface area contributed by atoms with E-state index in [-0.39, 0.29) is 5.75 Å². The van der Waals surface area contributed by atoms with E-state index in [4.69, 9.17) is 10.5 Å². The quantitative estimate of drug-likeness (QED) is 0.844. The Morgan fingerprint density at radius 3 is 2.60 bits per heavy atom. The predicted molar refractivity (Wildman–Crippen MR) is 50.5 cm³/mol. The van der Waals surface area contributed by atoms with Crippen molar-refractivity contribution in [3.05, 3.63) is 29.6 Å². The molecule has 1 rings (SSSR count). The van der Waals surface area contributed by atoms with Gasteiger partial charge in [-0.15, -0.1) is 0 Å². The van der Waals surface area contributed by atoms with Crippen LogP contribution in [0.25, 0.3) is 0 Å². The molecule has 0 aromatic heterocycles. The van der Waals surface area contributed by atoms with Gasteiger partial charge in [0.2, 0.25) is 0 Å². The lowest BCUT2D eigenvalue weighted by Crippen LogP contribution is -2.12. The summed E-state index contributed by atoms with van der Waals surface area (Å²) in [6, 6.07) is 3.31. The van der Waals surface area contributed by atoms with E-state index in [0.29, 0.717) is 5.56 Å². The van der Waals surface area contributed by atoms with Crippen molar-refractivity contribution in [1.29, 1.82) is 0 Å². The second-order valence-electron chi connectivity index (χ2n) is 3.17. The van der Waals surface area contributed by atoms with Crippen LogP contribution in [-0.2, 0) is 0 Å². The molecule has 0 aliphatic heterocycles. The van der Waals surface area contributed by atoms with Crippen LogP contribution in [0.1, 0.15) is 18.5 Å². The van der Waals surface area contributed by atoms with E-state index >= 15 is 0 Å². The SMILES string of the molecule is C[C@@H](N)c1ccc(F)cc1OCC(F)F. The largest absolute Gasteiger partial charge is 0.487 e. The fourth-order valence-electron chi connectivity index (χ4n) is 1.16. The zero-order valence-electron chi connectivity index (χ0n) is 8.21. The summed E-state index contributed by atoms with van der Waals surface area (Å²) in [6.45, 7) is 0.908. The molecule has 84 valence electrons. The molecular formula is C10H12F3NO. The van der Waals surface area contributed by atoms with Crippen molar-refractivity contribution in [3.63, 3.8) is 0 Å². The average molecular weight is 219 g/mol. The van der Waals surface area contributed by atoms with Gasteiger partial charge < -0.3 is 10.5 Å². The molecule has 0 unspecified atom stereocenters. The number of nitrogens with two attached hydrogens (primary N) is 1. The number of alkyl halides is 2. The Bertz CT molecular complexity index is 328. The Kier molecular flexibility index (Phi) is 3.96. The zero-order chi connectivity index (χ0) is 11.4. The minimum atomic E-state index is -2.59. The third-order valence-electron chi connectivity index (χ3n) is 1.83. The summed E-state index contributed by atoms with van der Waals surface area (Å²) in [6.07, 6.45) is -2.59. The van der Waals surface area contributed by atoms with Crippen LogP contribution in [0.4, 0.5) is 13.2 Å². The first kappa shape index (κ1) is 11.8. The van der Waals surface area contributed by atoms with Crippen LogP contribution in [-0.4, -0.2) is 13.0 Å². The number of halogens is 3. The van der Waals surface area contributed by atoms with Crippen molar-refractivity contribution >= 4 is 0 Å². The Labute approximate surface area is 85.8 Å². The van der Waals surface area contributed by atoms with Gasteiger partial charge in [-0.1, -0.05) is 6.07 Å². The fourth-order valence-corrected chi connectivity index (χ4v) is 1.16. The number of ether oxygens (including phenoxy) is 1. The number of benzene rings is 1. The first-order chi connectivity index (χ1) is 7.00. The summed E-state index contributed by atoms with van der Waals surface area (Å²) < 4.78 is 41.4. The molecule has 2 nitrogen and oxygen atoms in total. The molecule has 0 amide bonds. The smallest absolute Gasteiger partial charge is 0.272 e. The molecule has 1 atom stereocenters. The van der Waals surface area contributed by atoms with Gasteiger partial charge in [0.05, 0.1) is 0 Å². The van der Waals surface area contributed by atoms with Gasteiger partial charge in [0.1, 0.15) is 18.2 Å². The van der Waals surface area contributed by atoms with Gasteiger partial charge in [0.15, 0.2) is 0 Å². The Hall–Kier alpha value is -1.23. The predicted octanol–water partition coefficient (Wildman–Crippen LogP) is 2.49. The fraction of sp³-hybridized carbons (Fsp3) is 0.400. The normalized spacial score (nSPS) is 12.9. The van der Waals surface area contributed by atoms with Crippen LogP contribution < -0.4 is 10.5 Å². The van der Waals surface area contributed by atoms with Crippen molar-refractivity contribution in [3.8, 4) is 5.75 Å². The first-order valence-electron chi connectivity index (χ1n) is 4.46. The molecule has 0 fully saturated rings. The maximum atomic E-state index is 12.8. The van der Waals surface area contributed by atoms with E-state index in [1.54, 1.807) is 6.92 Å². The van der Waals surface area contributed by atoms with Crippen molar-refractivity contribution in [1.82, 2.24) is 0 Å². The molecule has 0 aliphatic carbocycles. The number of rotatable bonds is 4. The van der Waals surface area contributed by atoms with Gasteiger partial charge in [0, 0.05) is 17.7 Å². The van der Waals surface area contributed by atoms with Gasteiger partial charge in [-0.3, -0.25) is 0 Å². The highest BCUT2D eigenvalue weighted by atomic mass is 19.3. The van der Waals surface area contributed by atoms with E-state index in [9.17, 15) is 13.2 Å². The molecule has 0 aliphatic rings. The molecule has 0 saturated carbocycles. The minimum Gasteiger partial charge on any atom is -0.487 e. The highest BCUT2D eigenvalue weighted by molar-refractivity contribution is 5.36. The highest BCUT2D eigenvalue weighted by Crippen LogP contribution is 2.25. The molecule has 0 spiro atoms. The Morgan fingerprint density at radius 1 is 1.40 bits per heavy atom. The zero-order valence-corrected chi connectivity index (χ0v) is 8.21. The summed E-state index contributed by atoms with van der Waals surface area (Å²) in [7, 11) is 0. The Morgan fingerprint density at radius 2 is 2.07 bits per heavy atom. The number of hydrogen-bond acceptors (Lipinski definition) is 2. The lowest BCUT2D eigenvalue weighted by molar-refractivity contribution is 0.0811. The highest BCUT2D eigenvalue weighted by Gasteiger charge is 2.11. The monoisotopic (exact) mass is 219 g/mol. The minimum absolute atomic E-state index is 0.0744. The molecule has 0 radical (unpaired) electrons. The van der Waals surface area contributed by atoms with E-state index in [1.165, 1.54) is 12.1 Å². The number of hydrogen-bond donors (Lipinski definition) is 1. The summed E-state index contributed by atoms with van der Waals surface area (Å²) in [5.74, 6) is -0.464. The molecule has 0 bridgehead atoms. The summed E-state index contributed by atoms with van der Waals surface area (Å²) >= 11 is 0. The molecule has 15 heavy (non-hydrogen) atoms. The van der Waals surface area contributed by atoms with Crippen LogP contribution in [0, 0.1) is 5.82 Å². The van der Waals surface area contributed by atoms with Gasteiger partial charge in [0.25, 0.3) is 6.43 Å². The van der Waals surface area contributed by atoms with Crippen molar-refractivity contribution < 1.29 is 17.9 Å². The van der Waals surface area contributed by atoms with E-state index in [2.05, 4.69) is 0 Å². The van der Waals surface area contributed by atoms with Crippen LogP contribution in [0.2, 0.25) is 0 Å². The average Bonchev–Trinajstić information content (AvgIpc) is 2.14. The van der Waals surface area contributed by atoms with Crippen molar-refractivity contribution in [2.75, 3.05) is 6.61 Å². The van der Waals surface area contributed by atoms with Gasteiger partial charge in [-0.2, -0.15) is 0 Å². The maximum absolute atomic E-state index is 12.8. The topological polar surface area (TPSA) is 35.2 Å². The molecule has 5 heteroatoms. The molecular weight excluding hydrogens is 207 g/mol. The van der Waals surface area contributed by atoms with Gasteiger partial charge >= 0.3 is 0 Å². The van der Waals surface area contributed by atoms with Crippen LogP contribution in [0.5, 0.6) is 5.75 Å². The van der Waals surface area contributed by atoms with E-state index in [1.807, 2.05) is 0 Å². The molecule has 1 aromatic rings. The first-order valence-corrected chi connectivity index (χ1v) is 4.46. The summed E-state index contributed by atoms with van der Waals surface area (Å²) in [5.41, 5.74) is 6.09. The second kappa shape index (κ2) is 5.02. The Balaban J connectivity index is 2.87. The van der Waals surface area contributed by atoms with Crippen molar-refractivity contribution in [2.24, 2.45) is 5.73 Å². The molecule has 0 saturated heterocycles. The van der Waals surface area contributed by atoms with Gasteiger partial charge in [-0.05, 0) is 13.0 Å². The van der Waals surface area contributed by atoms with Crippen LogP contribution in [0.15, 0.2) is 18.2 Å². The van der Waals surface area contributed by atoms with Crippen LogP contribution >= 0.6 is 0 Å². The van der Waals surface area contributed by atoms with E-state index in [0.717, 1.165) is 6.07 Å². The lowest BCUT2D eigenvalue weighted by Gasteiger charge is -2.13.